The topological polar surface area (TPSA) is 71.1 Å². The van der Waals surface area contributed by atoms with Crippen LogP contribution in [0, 0.1) is 0 Å². The molecule has 0 fully saturated rings. The molecule has 2 aromatic heterocycles. The van der Waals surface area contributed by atoms with Crippen LogP contribution in [0.25, 0.3) is 11.2 Å². The Bertz CT molecular complexity index is 770. The SMILES string of the molecule is CCCCCCCOc1nc2c(c(=O)n(C)c(=O)n2C)n1C. The van der Waals surface area contributed by atoms with E-state index in [1.165, 1.54) is 30.9 Å². The largest absolute Gasteiger partial charge is 0.465 e. The van der Waals surface area contributed by atoms with Crippen LogP contribution in [-0.2, 0) is 21.1 Å². The summed E-state index contributed by atoms with van der Waals surface area (Å²) in [4.78, 5) is 28.4. The minimum Gasteiger partial charge on any atom is -0.465 e. The van der Waals surface area contributed by atoms with Crippen LogP contribution < -0.4 is 16.0 Å². The Morgan fingerprint density at radius 1 is 0.955 bits per heavy atom. The van der Waals surface area contributed by atoms with E-state index in [9.17, 15) is 9.59 Å². The lowest BCUT2D eigenvalue weighted by atomic mass is 10.2. The quantitative estimate of drug-likeness (QED) is 0.723. The average Bonchev–Trinajstić information content (AvgIpc) is 2.84. The Balaban J connectivity index is 2.21. The fraction of sp³-hybridized carbons (Fsp3) is 0.667. The van der Waals surface area contributed by atoms with E-state index in [2.05, 4.69) is 11.9 Å². The first kappa shape index (κ1) is 16.3. The first-order valence-electron chi connectivity index (χ1n) is 7.74. The van der Waals surface area contributed by atoms with Gasteiger partial charge in [0.2, 0.25) is 0 Å². The Labute approximate surface area is 129 Å². The monoisotopic (exact) mass is 308 g/mol. The fourth-order valence-electron chi connectivity index (χ4n) is 2.50. The Morgan fingerprint density at radius 3 is 2.32 bits per heavy atom. The van der Waals surface area contributed by atoms with Crippen molar-refractivity contribution in [1.29, 1.82) is 0 Å². The molecule has 0 aromatic carbocycles. The number of hydrogen-bond acceptors (Lipinski definition) is 4. The summed E-state index contributed by atoms with van der Waals surface area (Å²) in [5, 5.41) is 0. The minimum absolute atomic E-state index is 0.356. The summed E-state index contributed by atoms with van der Waals surface area (Å²) in [5.41, 5.74) is -0.00484. The normalized spacial score (nSPS) is 11.3. The van der Waals surface area contributed by atoms with E-state index in [4.69, 9.17) is 4.74 Å². The third-order valence-corrected chi connectivity index (χ3v) is 3.91. The second-order valence-corrected chi connectivity index (χ2v) is 5.59. The summed E-state index contributed by atoms with van der Waals surface area (Å²) in [6.07, 6.45) is 5.74. The van der Waals surface area contributed by atoms with Gasteiger partial charge in [0.15, 0.2) is 11.2 Å². The molecule has 0 spiro atoms. The summed E-state index contributed by atoms with van der Waals surface area (Å²) in [7, 11) is 4.80. The molecule has 122 valence electrons. The average molecular weight is 308 g/mol. The van der Waals surface area contributed by atoms with Gasteiger partial charge in [0.25, 0.3) is 11.6 Å². The highest BCUT2D eigenvalue weighted by molar-refractivity contribution is 5.71. The van der Waals surface area contributed by atoms with Crippen molar-refractivity contribution in [3.8, 4) is 6.01 Å². The molecule has 0 saturated heterocycles. The van der Waals surface area contributed by atoms with E-state index in [-0.39, 0.29) is 11.2 Å². The molecule has 0 aliphatic rings. The van der Waals surface area contributed by atoms with Gasteiger partial charge in [0, 0.05) is 21.1 Å². The molecule has 0 bridgehead atoms. The first-order chi connectivity index (χ1) is 10.5. The van der Waals surface area contributed by atoms with Crippen LogP contribution in [0.5, 0.6) is 6.01 Å². The van der Waals surface area contributed by atoms with E-state index in [0.29, 0.717) is 23.8 Å². The molecule has 0 amide bonds. The number of hydrogen-bond donors (Lipinski definition) is 0. The smallest absolute Gasteiger partial charge is 0.332 e. The number of rotatable bonds is 7. The number of fused-ring (bicyclic) bond motifs is 1. The maximum atomic E-state index is 12.2. The van der Waals surface area contributed by atoms with E-state index in [1.54, 1.807) is 18.7 Å². The summed E-state index contributed by atoms with van der Waals surface area (Å²) in [6.45, 7) is 2.75. The van der Waals surface area contributed by atoms with Crippen molar-refractivity contribution in [2.75, 3.05) is 6.61 Å². The molecule has 7 heteroatoms. The van der Waals surface area contributed by atoms with Gasteiger partial charge in [-0.15, -0.1) is 0 Å². The molecule has 2 aromatic rings. The lowest BCUT2D eigenvalue weighted by Crippen LogP contribution is -2.37. The predicted octanol–water partition coefficient (Wildman–Crippen LogP) is 1.32. The molecule has 0 N–H and O–H groups in total. The molecule has 0 unspecified atom stereocenters. The highest BCUT2D eigenvalue weighted by Gasteiger charge is 2.17. The van der Waals surface area contributed by atoms with Gasteiger partial charge in [-0.05, 0) is 6.42 Å². The van der Waals surface area contributed by atoms with Crippen molar-refractivity contribution in [1.82, 2.24) is 18.7 Å². The molecule has 7 nitrogen and oxygen atoms in total. The maximum absolute atomic E-state index is 12.2. The van der Waals surface area contributed by atoms with Gasteiger partial charge < -0.3 is 4.74 Å². The summed E-state index contributed by atoms with van der Waals surface area (Å²) in [5.74, 6) is 0. The molecular weight excluding hydrogens is 284 g/mol. The summed E-state index contributed by atoms with van der Waals surface area (Å²) in [6, 6.07) is 0.379. The van der Waals surface area contributed by atoms with E-state index in [1.807, 2.05) is 0 Å². The number of unbranched alkanes of at least 4 members (excludes halogenated alkanes) is 4. The van der Waals surface area contributed by atoms with Crippen LogP contribution in [0.3, 0.4) is 0 Å². The zero-order chi connectivity index (χ0) is 16.3. The molecule has 0 radical (unpaired) electrons. The molecule has 0 saturated carbocycles. The number of imidazole rings is 1. The van der Waals surface area contributed by atoms with Crippen molar-refractivity contribution < 1.29 is 4.74 Å². The third-order valence-electron chi connectivity index (χ3n) is 3.91. The van der Waals surface area contributed by atoms with Crippen LogP contribution >= 0.6 is 0 Å². The molecule has 0 aliphatic carbocycles. The van der Waals surface area contributed by atoms with Gasteiger partial charge in [-0.2, -0.15) is 4.98 Å². The number of ether oxygens (including phenoxy) is 1. The van der Waals surface area contributed by atoms with Gasteiger partial charge in [0.05, 0.1) is 6.61 Å². The minimum atomic E-state index is -0.387. The van der Waals surface area contributed by atoms with E-state index < -0.39 is 0 Å². The van der Waals surface area contributed by atoms with Gasteiger partial charge in [-0.25, -0.2) is 4.79 Å². The number of aromatic nitrogens is 4. The lowest BCUT2D eigenvalue weighted by molar-refractivity contribution is 0.274. The highest BCUT2D eigenvalue weighted by Crippen LogP contribution is 2.15. The fourth-order valence-corrected chi connectivity index (χ4v) is 2.50. The van der Waals surface area contributed by atoms with Crippen LogP contribution in [-0.4, -0.2) is 25.3 Å². The van der Waals surface area contributed by atoms with Crippen molar-refractivity contribution in [2.24, 2.45) is 21.1 Å². The Hall–Kier alpha value is -2.05. The van der Waals surface area contributed by atoms with Crippen LogP contribution in [0.15, 0.2) is 9.59 Å². The highest BCUT2D eigenvalue weighted by atomic mass is 16.5. The second-order valence-electron chi connectivity index (χ2n) is 5.59. The molecule has 0 aliphatic heterocycles. The molecule has 22 heavy (non-hydrogen) atoms. The molecule has 2 rings (SSSR count). The summed E-state index contributed by atoms with van der Waals surface area (Å²) >= 11 is 0. The van der Waals surface area contributed by atoms with Gasteiger partial charge in [-0.1, -0.05) is 32.6 Å². The first-order valence-corrected chi connectivity index (χ1v) is 7.74. The molecular formula is C15H24N4O3. The van der Waals surface area contributed by atoms with Crippen molar-refractivity contribution in [3.05, 3.63) is 20.8 Å². The predicted molar refractivity (Wildman–Crippen MR) is 85.5 cm³/mol. The van der Waals surface area contributed by atoms with E-state index >= 15 is 0 Å². The zero-order valence-electron chi connectivity index (χ0n) is 13.8. The third kappa shape index (κ3) is 2.93. The maximum Gasteiger partial charge on any atom is 0.332 e. The molecule has 0 atom stereocenters. The lowest BCUT2D eigenvalue weighted by Gasteiger charge is -2.05. The van der Waals surface area contributed by atoms with Crippen LogP contribution in [0.2, 0.25) is 0 Å². The van der Waals surface area contributed by atoms with Gasteiger partial charge in [0.1, 0.15) is 0 Å². The van der Waals surface area contributed by atoms with Crippen molar-refractivity contribution >= 4 is 11.2 Å². The molecule has 2 heterocycles. The van der Waals surface area contributed by atoms with Gasteiger partial charge >= 0.3 is 5.69 Å². The van der Waals surface area contributed by atoms with Crippen molar-refractivity contribution in [2.45, 2.75) is 39.0 Å². The zero-order valence-corrected chi connectivity index (χ0v) is 13.8. The van der Waals surface area contributed by atoms with Crippen LogP contribution in [0.1, 0.15) is 39.0 Å². The Kier molecular flexibility index (Phi) is 5.05. The number of nitrogens with zero attached hydrogens (tertiary/aromatic N) is 4. The van der Waals surface area contributed by atoms with E-state index in [0.717, 1.165) is 17.4 Å². The van der Waals surface area contributed by atoms with Crippen molar-refractivity contribution in [3.63, 3.8) is 0 Å². The van der Waals surface area contributed by atoms with Gasteiger partial charge in [-0.3, -0.25) is 18.5 Å². The number of aryl methyl sites for hydroxylation is 2. The summed E-state index contributed by atoms with van der Waals surface area (Å²) < 4.78 is 9.74. The second kappa shape index (κ2) is 6.81. The Morgan fingerprint density at radius 2 is 1.64 bits per heavy atom. The standard InChI is InChI=1S/C15H24N4O3/c1-5-6-7-8-9-10-22-14-16-12-11(17(14)2)13(20)19(4)15(21)18(12)3/h5-10H2,1-4H3. The van der Waals surface area contributed by atoms with Crippen LogP contribution in [0.4, 0.5) is 0 Å².